The molecule has 5 heteroatoms. The molecule has 0 saturated carbocycles. The fourth-order valence-electron chi connectivity index (χ4n) is 2.95. The molecule has 1 N–H and O–H groups in total. The first-order valence-corrected chi connectivity index (χ1v) is 8.91. The molecular weight excluding hydrogens is 322 g/mol. The van der Waals surface area contributed by atoms with Gasteiger partial charge in [0.2, 0.25) is 0 Å². The largest absolute Gasteiger partial charge is 0.372 e. The second-order valence-corrected chi connectivity index (χ2v) is 6.13. The predicted octanol–water partition coefficient (Wildman–Crippen LogP) is 3.91. The van der Waals surface area contributed by atoms with Gasteiger partial charge in [-0.15, -0.1) is 0 Å². The number of aryl methyl sites for hydroxylation is 1. The Hall–Kier alpha value is -3.08. The van der Waals surface area contributed by atoms with E-state index in [1.54, 1.807) is 5.01 Å². The fraction of sp³-hybridized carbons (Fsp3) is 0.238. The minimum Gasteiger partial charge on any atom is -0.372 e. The van der Waals surface area contributed by atoms with Gasteiger partial charge in [-0.2, -0.15) is 15.2 Å². The Morgan fingerprint density at radius 2 is 1.81 bits per heavy atom. The molecule has 1 heterocycles. The first-order chi connectivity index (χ1) is 12.6. The monoisotopic (exact) mass is 347 g/mol. The van der Waals surface area contributed by atoms with Gasteiger partial charge < -0.3 is 4.90 Å². The molecule has 1 aliphatic heterocycles. The number of nitrogens with zero attached hydrogens (tertiary/aromatic N) is 4. The molecule has 0 bridgehead atoms. The molecule has 1 aliphatic rings. The van der Waals surface area contributed by atoms with Gasteiger partial charge in [0.25, 0.3) is 0 Å². The van der Waals surface area contributed by atoms with E-state index in [2.05, 4.69) is 78.2 Å². The summed E-state index contributed by atoms with van der Waals surface area (Å²) in [5.41, 5.74) is 7.36. The zero-order valence-electron chi connectivity index (χ0n) is 15.6. The molecule has 2 aromatic rings. The van der Waals surface area contributed by atoms with E-state index in [1.165, 1.54) is 5.69 Å². The number of benzene rings is 2. The fourth-order valence-corrected chi connectivity index (χ4v) is 2.95. The molecular formula is C21H25N5. The predicted molar refractivity (Wildman–Crippen MR) is 109 cm³/mol. The summed E-state index contributed by atoms with van der Waals surface area (Å²) in [6.07, 6.45) is 1.83. The van der Waals surface area contributed by atoms with Gasteiger partial charge in [-0.3, -0.25) is 5.43 Å². The molecule has 0 aliphatic carbocycles. The molecule has 0 fully saturated rings. The Bertz CT molecular complexity index is 832. The minimum atomic E-state index is 0.638. The molecule has 26 heavy (non-hydrogen) atoms. The molecule has 3 rings (SSSR count). The van der Waals surface area contributed by atoms with E-state index in [-0.39, 0.29) is 0 Å². The maximum atomic E-state index is 4.59. The Morgan fingerprint density at radius 1 is 1.12 bits per heavy atom. The van der Waals surface area contributed by atoms with Crippen molar-refractivity contribution < 1.29 is 0 Å². The van der Waals surface area contributed by atoms with Gasteiger partial charge in [0.05, 0.1) is 6.21 Å². The minimum absolute atomic E-state index is 0.638. The summed E-state index contributed by atoms with van der Waals surface area (Å²) in [6, 6.07) is 16.5. The molecule has 134 valence electrons. The standard InChI is InChI=1S/C21H25N5/c1-5-25(6-2)19-13-11-18(12-14-19)15-22-26-17(4)23-24-21(26)20-10-8-7-9-16(20)3/h7-15,23H,4-6H2,1-3H3. The van der Waals surface area contributed by atoms with Gasteiger partial charge in [-0.05, 0) is 44.0 Å². The van der Waals surface area contributed by atoms with E-state index < -0.39 is 0 Å². The second-order valence-electron chi connectivity index (χ2n) is 6.13. The summed E-state index contributed by atoms with van der Waals surface area (Å²) in [5.74, 6) is 1.39. The average Bonchev–Trinajstić information content (AvgIpc) is 3.03. The van der Waals surface area contributed by atoms with Crippen LogP contribution in [0.15, 0.2) is 71.1 Å². The Kier molecular flexibility index (Phi) is 5.37. The van der Waals surface area contributed by atoms with Crippen LogP contribution in [-0.4, -0.2) is 30.1 Å². The topological polar surface area (TPSA) is 43.2 Å². The normalized spacial score (nSPS) is 13.9. The van der Waals surface area contributed by atoms with Gasteiger partial charge in [-0.25, -0.2) is 0 Å². The smallest absolute Gasteiger partial charge is 0.183 e. The van der Waals surface area contributed by atoms with Crippen molar-refractivity contribution in [3.63, 3.8) is 0 Å². The highest BCUT2D eigenvalue weighted by Crippen LogP contribution is 2.19. The van der Waals surface area contributed by atoms with Crippen LogP contribution in [-0.2, 0) is 0 Å². The SMILES string of the molecule is C=C1NN=C(c2ccccc2C)N1N=Cc1ccc(N(CC)CC)cc1. The van der Waals surface area contributed by atoms with E-state index >= 15 is 0 Å². The molecule has 5 nitrogen and oxygen atoms in total. The lowest BCUT2D eigenvalue weighted by Gasteiger charge is -2.20. The zero-order valence-corrected chi connectivity index (χ0v) is 15.6. The van der Waals surface area contributed by atoms with Crippen LogP contribution in [0.1, 0.15) is 30.5 Å². The Morgan fingerprint density at radius 3 is 2.46 bits per heavy atom. The number of hydrogen-bond donors (Lipinski definition) is 1. The van der Waals surface area contributed by atoms with Crippen LogP contribution in [0.2, 0.25) is 0 Å². The number of rotatable bonds is 6. The van der Waals surface area contributed by atoms with Crippen LogP contribution < -0.4 is 10.3 Å². The van der Waals surface area contributed by atoms with E-state index in [4.69, 9.17) is 0 Å². The van der Waals surface area contributed by atoms with E-state index in [1.807, 2.05) is 24.4 Å². The average molecular weight is 347 g/mol. The van der Waals surface area contributed by atoms with Gasteiger partial charge in [-0.1, -0.05) is 43.0 Å². The molecule has 0 aromatic heterocycles. The number of nitrogens with one attached hydrogen (secondary N) is 1. The number of anilines is 1. The number of hydrogen-bond acceptors (Lipinski definition) is 5. The quantitative estimate of drug-likeness (QED) is 0.806. The molecule has 0 spiro atoms. The zero-order chi connectivity index (χ0) is 18.5. The molecule has 0 saturated heterocycles. The molecule has 0 unspecified atom stereocenters. The van der Waals surface area contributed by atoms with E-state index in [0.29, 0.717) is 5.82 Å². The van der Waals surface area contributed by atoms with E-state index in [9.17, 15) is 0 Å². The summed E-state index contributed by atoms with van der Waals surface area (Å²) in [7, 11) is 0. The summed E-state index contributed by atoms with van der Waals surface area (Å²) in [5, 5.41) is 10.7. The van der Waals surface area contributed by atoms with Crippen LogP contribution in [0.25, 0.3) is 0 Å². The van der Waals surface area contributed by atoms with Crippen LogP contribution in [0.4, 0.5) is 5.69 Å². The summed E-state index contributed by atoms with van der Waals surface area (Å²) in [4.78, 5) is 2.32. The van der Waals surface area contributed by atoms with Gasteiger partial charge in [0.15, 0.2) is 5.84 Å². The second kappa shape index (κ2) is 7.87. The highest BCUT2D eigenvalue weighted by Gasteiger charge is 2.22. The summed E-state index contributed by atoms with van der Waals surface area (Å²) < 4.78 is 0. The molecule has 2 aromatic carbocycles. The maximum absolute atomic E-state index is 4.59. The lowest BCUT2D eigenvalue weighted by Crippen LogP contribution is -2.23. The van der Waals surface area contributed by atoms with Crippen molar-refractivity contribution in [1.82, 2.24) is 10.4 Å². The number of amidine groups is 1. The molecule has 0 radical (unpaired) electrons. The van der Waals surface area contributed by atoms with Crippen LogP contribution in [0.5, 0.6) is 0 Å². The van der Waals surface area contributed by atoms with Crippen LogP contribution in [0, 0.1) is 6.92 Å². The third-order valence-electron chi connectivity index (χ3n) is 4.48. The molecule has 0 atom stereocenters. The highest BCUT2D eigenvalue weighted by molar-refractivity contribution is 6.02. The van der Waals surface area contributed by atoms with Crippen molar-refractivity contribution >= 4 is 17.7 Å². The van der Waals surface area contributed by atoms with Crippen molar-refractivity contribution in [2.75, 3.05) is 18.0 Å². The van der Waals surface area contributed by atoms with Crippen molar-refractivity contribution in [2.45, 2.75) is 20.8 Å². The lowest BCUT2D eigenvalue weighted by molar-refractivity contribution is 0.551. The highest BCUT2D eigenvalue weighted by atomic mass is 15.6. The number of hydrazone groups is 2. The van der Waals surface area contributed by atoms with Crippen LogP contribution in [0.3, 0.4) is 0 Å². The lowest BCUT2D eigenvalue weighted by atomic mass is 10.1. The van der Waals surface area contributed by atoms with Crippen molar-refractivity contribution in [3.05, 3.63) is 77.6 Å². The van der Waals surface area contributed by atoms with E-state index in [0.717, 1.165) is 35.6 Å². The van der Waals surface area contributed by atoms with Gasteiger partial charge in [0.1, 0.15) is 5.82 Å². The van der Waals surface area contributed by atoms with Crippen molar-refractivity contribution in [1.29, 1.82) is 0 Å². The first kappa shape index (κ1) is 17.7. The van der Waals surface area contributed by atoms with Crippen molar-refractivity contribution in [3.8, 4) is 0 Å². The Balaban J connectivity index is 1.79. The van der Waals surface area contributed by atoms with Crippen LogP contribution >= 0.6 is 0 Å². The third kappa shape index (κ3) is 3.61. The molecule has 0 amide bonds. The van der Waals surface area contributed by atoms with Crippen molar-refractivity contribution in [2.24, 2.45) is 10.2 Å². The summed E-state index contributed by atoms with van der Waals surface area (Å²) >= 11 is 0. The first-order valence-electron chi connectivity index (χ1n) is 8.91. The van der Waals surface area contributed by atoms with Gasteiger partial charge in [0, 0.05) is 24.3 Å². The Labute approximate surface area is 155 Å². The summed E-state index contributed by atoms with van der Waals surface area (Å²) in [6.45, 7) is 12.4. The maximum Gasteiger partial charge on any atom is 0.183 e. The van der Waals surface area contributed by atoms with Gasteiger partial charge >= 0.3 is 0 Å². The third-order valence-corrected chi connectivity index (χ3v) is 4.48.